The molecule has 4 nitrogen and oxygen atoms in total. The summed E-state index contributed by atoms with van der Waals surface area (Å²) in [7, 11) is 0. The molecule has 0 aliphatic carbocycles. The van der Waals surface area contributed by atoms with E-state index < -0.39 is 6.04 Å². The Morgan fingerprint density at radius 2 is 2.05 bits per heavy atom. The summed E-state index contributed by atoms with van der Waals surface area (Å²) in [6.07, 6.45) is 0. The largest absolute Gasteiger partial charge is 0.351 e. The summed E-state index contributed by atoms with van der Waals surface area (Å²) < 4.78 is 0. The zero-order valence-corrected chi connectivity index (χ0v) is 12.3. The molecular formula is C14H18ClN3O. The fourth-order valence-electron chi connectivity index (χ4n) is 1.83. The molecule has 1 aliphatic heterocycles. The van der Waals surface area contributed by atoms with Crippen molar-refractivity contribution in [1.29, 1.82) is 0 Å². The topological polar surface area (TPSA) is 53.5 Å². The minimum Gasteiger partial charge on any atom is -0.351 e. The van der Waals surface area contributed by atoms with Gasteiger partial charge in [0.2, 0.25) is 0 Å². The quantitative estimate of drug-likeness (QED) is 0.830. The van der Waals surface area contributed by atoms with E-state index in [-0.39, 0.29) is 11.4 Å². The highest BCUT2D eigenvalue weighted by Crippen LogP contribution is 2.26. The minimum absolute atomic E-state index is 0.133. The normalized spacial score (nSPS) is 19.1. The van der Waals surface area contributed by atoms with Crippen LogP contribution in [0.2, 0.25) is 5.02 Å². The molecule has 2 rings (SSSR count). The van der Waals surface area contributed by atoms with Gasteiger partial charge in [-0.25, -0.2) is 4.99 Å². The monoisotopic (exact) mass is 279 g/mol. The van der Waals surface area contributed by atoms with Crippen LogP contribution in [0.4, 0.5) is 0 Å². The summed E-state index contributed by atoms with van der Waals surface area (Å²) in [6, 6.07) is 5.05. The second-order valence-corrected chi connectivity index (χ2v) is 6.16. The third kappa shape index (κ3) is 3.26. The SMILES string of the molecule is Cc1ccc(C2N=C(NC(C)(C)C)NC2=O)cc1Cl. The Balaban J connectivity index is 2.25. The van der Waals surface area contributed by atoms with Crippen molar-refractivity contribution < 1.29 is 4.79 Å². The van der Waals surface area contributed by atoms with E-state index in [1.807, 2.05) is 39.8 Å². The van der Waals surface area contributed by atoms with Crippen LogP contribution in [-0.4, -0.2) is 17.4 Å². The highest BCUT2D eigenvalue weighted by molar-refractivity contribution is 6.31. The predicted molar refractivity (Wildman–Crippen MR) is 77.4 cm³/mol. The van der Waals surface area contributed by atoms with E-state index in [4.69, 9.17) is 11.6 Å². The molecule has 0 fully saturated rings. The van der Waals surface area contributed by atoms with Crippen LogP contribution in [0.5, 0.6) is 0 Å². The molecule has 1 aromatic carbocycles. The van der Waals surface area contributed by atoms with Gasteiger partial charge in [-0.1, -0.05) is 23.7 Å². The second kappa shape index (κ2) is 4.85. The van der Waals surface area contributed by atoms with E-state index in [1.54, 1.807) is 6.07 Å². The third-order valence-corrected chi connectivity index (χ3v) is 3.16. The van der Waals surface area contributed by atoms with Crippen LogP contribution in [0, 0.1) is 6.92 Å². The fraction of sp³-hybridized carbons (Fsp3) is 0.429. The molecule has 1 unspecified atom stereocenters. The lowest BCUT2D eigenvalue weighted by Gasteiger charge is -2.21. The summed E-state index contributed by atoms with van der Waals surface area (Å²) in [6.45, 7) is 7.96. The number of amides is 1. The lowest BCUT2D eigenvalue weighted by molar-refractivity contribution is -0.120. The molecule has 102 valence electrons. The molecule has 1 aromatic rings. The van der Waals surface area contributed by atoms with E-state index in [1.165, 1.54) is 0 Å². The smallest absolute Gasteiger partial charge is 0.256 e. The molecule has 0 radical (unpaired) electrons. The van der Waals surface area contributed by atoms with Gasteiger partial charge in [-0.3, -0.25) is 10.1 Å². The molecular weight excluding hydrogens is 262 g/mol. The van der Waals surface area contributed by atoms with Crippen molar-refractivity contribution in [3.63, 3.8) is 0 Å². The highest BCUT2D eigenvalue weighted by Gasteiger charge is 2.29. The van der Waals surface area contributed by atoms with Gasteiger partial charge in [-0.05, 0) is 44.9 Å². The van der Waals surface area contributed by atoms with Crippen molar-refractivity contribution in [3.8, 4) is 0 Å². The number of aliphatic imine (C=N–C) groups is 1. The fourth-order valence-corrected chi connectivity index (χ4v) is 2.02. The Hall–Kier alpha value is -1.55. The van der Waals surface area contributed by atoms with Crippen molar-refractivity contribution in [2.45, 2.75) is 39.3 Å². The first-order valence-corrected chi connectivity index (χ1v) is 6.57. The van der Waals surface area contributed by atoms with E-state index in [0.29, 0.717) is 11.0 Å². The first-order valence-electron chi connectivity index (χ1n) is 6.19. The lowest BCUT2D eigenvalue weighted by Crippen LogP contribution is -2.46. The van der Waals surface area contributed by atoms with Crippen molar-refractivity contribution in [1.82, 2.24) is 10.6 Å². The van der Waals surface area contributed by atoms with Gasteiger partial charge in [-0.15, -0.1) is 0 Å². The molecule has 0 saturated heterocycles. The molecule has 0 spiro atoms. The number of hydrogen-bond donors (Lipinski definition) is 2. The van der Waals surface area contributed by atoms with E-state index in [9.17, 15) is 4.79 Å². The number of nitrogens with zero attached hydrogens (tertiary/aromatic N) is 1. The molecule has 1 atom stereocenters. The van der Waals surface area contributed by atoms with Crippen LogP contribution >= 0.6 is 11.6 Å². The van der Waals surface area contributed by atoms with Crippen LogP contribution < -0.4 is 10.6 Å². The molecule has 0 bridgehead atoms. The van der Waals surface area contributed by atoms with Crippen molar-refractivity contribution in [3.05, 3.63) is 34.3 Å². The molecule has 1 amide bonds. The van der Waals surface area contributed by atoms with Gasteiger partial charge in [0.25, 0.3) is 5.91 Å². The minimum atomic E-state index is -0.525. The van der Waals surface area contributed by atoms with Gasteiger partial charge >= 0.3 is 0 Å². The van der Waals surface area contributed by atoms with Crippen molar-refractivity contribution >= 4 is 23.5 Å². The second-order valence-electron chi connectivity index (χ2n) is 5.75. The zero-order valence-electron chi connectivity index (χ0n) is 11.5. The highest BCUT2D eigenvalue weighted by atomic mass is 35.5. The molecule has 0 aromatic heterocycles. The molecule has 0 saturated carbocycles. The predicted octanol–water partition coefficient (Wildman–Crippen LogP) is 2.56. The average Bonchev–Trinajstić information content (AvgIpc) is 2.61. The number of benzene rings is 1. The van der Waals surface area contributed by atoms with Gasteiger partial charge in [0, 0.05) is 10.6 Å². The van der Waals surface area contributed by atoms with E-state index >= 15 is 0 Å². The summed E-state index contributed by atoms with van der Waals surface area (Å²) in [5.74, 6) is 0.380. The summed E-state index contributed by atoms with van der Waals surface area (Å²) in [4.78, 5) is 16.3. The van der Waals surface area contributed by atoms with Gasteiger partial charge in [0.05, 0.1) is 0 Å². The zero-order chi connectivity index (χ0) is 14.2. The van der Waals surface area contributed by atoms with Crippen molar-refractivity contribution in [2.24, 2.45) is 4.99 Å². The van der Waals surface area contributed by atoms with Crippen LogP contribution in [0.15, 0.2) is 23.2 Å². The summed E-state index contributed by atoms with van der Waals surface area (Å²) >= 11 is 6.09. The number of carbonyl (C=O) groups is 1. The summed E-state index contributed by atoms with van der Waals surface area (Å²) in [5, 5.41) is 6.56. The van der Waals surface area contributed by atoms with Gasteiger partial charge in [0.15, 0.2) is 12.0 Å². The maximum absolute atomic E-state index is 12.0. The molecule has 19 heavy (non-hydrogen) atoms. The van der Waals surface area contributed by atoms with Crippen LogP contribution in [-0.2, 0) is 4.79 Å². The first-order chi connectivity index (χ1) is 8.76. The van der Waals surface area contributed by atoms with E-state index in [0.717, 1.165) is 11.1 Å². The average molecular weight is 280 g/mol. The van der Waals surface area contributed by atoms with Gasteiger partial charge < -0.3 is 5.32 Å². The maximum Gasteiger partial charge on any atom is 0.256 e. The Labute approximate surface area is 118 Å². The first kappa shape index (κ1) is 13.9. The molecule has 1 heterocycles. The molecule has 1 aliphatic rings. The number of nitrogens with one attached hydrogen (secondary N) is 2. The number of guanidine groups is 1. The van der Waals surface area contributed by atoms with Crippen molar-refractivity contribution in [2.75, 3.05) is 0 Å². The van der Waals surface area contributed by atoms with E-state index in [2.05, 4.69) is 15.6 Å². The Morgan fingerprint density at radius 1 is 1.37 bits per heavy atom. The van der Waals surface area contributed by atoms with Gasteiger partial charge in [0.1, 0.15) is 0 Å². The maximum atomic E-state index is 12.0. The Bertz CT molecular complexity index is 546. The Kier molecular flexibility index (Phi) is 3.54. The summed E-state index contributed by atoms with van der Waals surface area (Å²) in [5.41, 5.74) is 1.64. The standard InChI is InChI=1S/C14H18ClN3O/c1-8-5-6-9(7-10(8)15)11-12(19)17-13(16-11)18-14(2,3)4/h5-7,11H,1-4H3,(H2,16,17,18,19). The lowest BCUT2D eigenvalue weighted by atomic mass is 10.1. The van der Waals surface area contributed by atoms with Crippen LogP contribution in [0.1, 0.15) is 37.9 Å². The number of aryl methyl sites for hydroxylation is 1. The molecule has 5 heteroatoms. The van der Waals surface area contributed by atoms with Crippen LogP contribution in [0.3, 0.4) is 0 Å². The number of hydrogen-bond acceptors (Lipinski definition) is 3. The van der Waals surface area contributed by atoms with Gasteiger partial charge in [-0.2, -0.15) is 0 Å². The number of rotatable bonds is 1. The third-order valence-electron chi connectivity index (χ3n) is 2.75. The number of halogens is 1. The number of carbonyl (C=O) groups excluding carboxylic acids is 1. The Morgan fingerprint density at radius 3 is 2.63 bits per heavy atom. The van der Waals surface area contributed by atoms with Crippen LogP contribution in [0.25, 0.3) is 0 Å². The molecule has 2 N–H and O–H groups in total.